The third kappa shape index (κ3) is 11.0. The lowest BCUT2D eigenvalue weighted by atomic mass is 9.98. The third-order valence-corrected chi connectivity index (χ3v) is 14.1. The molecule has 7 heteroatoms. The molecular formula is C67H62N6O. The van der Waals surface area contributed by atoms with Gasteiger partial charge in [-0.15, -0.1) is 0 Å². The van der Waals surface area contributed by atoms with Gasteiger partial charge in [0.05, 0.1) is 52.2 Å². The predicted octanol–water partition coefficient (Wildman–Crippen LogP) is 15.6. The summed E-state index contributed by atoms with van der Waals surface area (Å²) in [5.41, 5.74) is 17.3. The maximum atomic E-state index is 6.34. The summed E-state index contributed by atoms with van der Waals surface area (Å²) < 4.78 is 6.34. The molecule has 0 aromatic heterocycles. The first-order valence-electron chi connectivity index (χ1n) is 26.6. The van der Waals surface area contributed by atoms with E-state index in [0.717, 1.165) is 122 Å². The molecule has 11 rings (SSSR count). The highest BCUT2D eigenvalue weighted by atomic mass is 16.5. The molecular weight excluding hydrogens is 905 g/mol. The molecule has 0 atom stereocenters. The van der Waals surface area contributed by atoms with E-state index in [4.69, 9.17) is 24.7 Å². The molecule has 4 aromatic rings. The molecule has 0 unspecified atom stereocenters. The van der Waals surface area contributed by atoms with E-state index in [1.165, 1.54) is 56.1 Å². The second kappa shape index (κ2) is 23.0. The number of unbranched alkanes of at least 4 members (excludes halogenated alkanes) is 7. The molecule has 8 bridgehead atoms. The molecule has 0 N–H and O–H groups in total. The Kier molecular flexibility index (Phi) is 14.9. The number of rotatable bonds is 18. The largest absolute Gasteiger partial charge is 0.494 e. The quantitative estimate of drug-likeness (QED) is 0.0933. The van der Waals surface area contributed by atoms with Gasteiger partial charge < -0.3 is 14.5 Å². The van der Waals surface area contributed by atoms with Gasteiger partial charge in [0.2, 0.25) is 0 Å². The van der Waals surface area contributed by atoms with E-state index in [2.05, 4.69) is 211 Å². The Morgan fingerprint density at radius 2 is 0.676 bits per heavy atom. The van der Waals surface area contributed by atoms with Gasteiger partial charge in [0, 0.05) is 60.2 Å². The highest BCUT2D eigenvalue weighted by Crippen LogP contribution is 2.39. The second-order valence-corrected chi connectivity index (χ2v) is 19.3. The van der Waals surface area contributed by atoms with Crippen LogP contribution in [0.1, 0.15) is 87.0 Å². The fourth-order valence-corrected chi connectivity index (χ4v) is 10.3. The Labute approximate surface area is 437 Å². The summed E-state index contributed by atoms with van der Waals surface area (Å²) in [4.78, 5) is 26.2. The van der Waals surface area contributed by atoms with Gasteiger partial charge in [-0.1, -0.05) is 149 Å². The molecule has 0 radical (unpaired) electrons. The number of allylic oxidation sites excluding steroid dienone is 18. The number of benzene rings is 4. The van der Waals surface area contributed by atoms with E-state index in [1.807, 2.05) is 18.2 Å². The maximum absolute atomic E-state index is 6.34. The van der Waals surface area contributed by atoms with Gasteiger partial charge in [0.1, 0.15) is 5.75 Å². The van der Waals surface area contributed by atoms with Crippen molar-refractivity contribution in [3.8, 4) is 5.75 Å². The van der Waals surface area contributed by atoms with Crippen LogP contribution in [0, 0.1) is 0 Å². The second-order valence-electron chi connectivity index (χ2n) is 19.3. The van der Waals surface area contributed by atoms with Gasteiger partial charge in [0.25, 0.3) is 0 Å². The summed E-state index contributed by atoms with van der Waals surface area (Å²) in [5, 5.41) is 0. The first kappa shape index (κ1) is 47.9. The summed E-state index contributed by atoms with van der Waals surface area (Å²) in [6, 6.07) is 39.8. The van der Waals surface area contributed by atoms with E-state index in [1.54, 1.807) is 0 Å². The van der Waals surface area contributed by atoms with Gasteiger partial charge in [-0.2, -0.15) is 0 Å². The van der Waals surface area contributed by atoms with Crippen LogP contribution < -0.4 is 4.74 Å². The van der Waals surface area contributed by atoms with E-state index in [0.29, 0.717) is 6.61 Å². The molecule has 0 aliphatic carbocycles. The number of fused-ring (bicyclic) bond motifs is 4. The first-order chi connectivity index (χ1) is 36.6. The van der Waals surface area contributed by atoms with Crippen LogP contribution >= 0.6 is 0 Å². The van der Waals surface area contributed by atoms with E-state index < -0.39 is 0 Å². The highest BCUT2D eigenvalue weighted by Gasteiger charge is 2.27. The van der Waals surface area contributed by atoms with Crippen molar-refractivity contribution in [2.75, 3.05) is 19.7 Å². The molecule has 0 spiro atoms. The zero-order valence-electron chi connectivity index (χ0n) is 42.3. The molecule has 0 saturated heterocycles. The SMILES string of the molecule is CCCN1C=CC(=C2C=CN(CCCCCCCCCCOc3ccc(C4=C5C=CC(=N5)C(c5ccccc5)=C5C=CC(=N5)C(c5ccccc5)=C5C=CC(=N5)C(c5ccccc5)=C5C=CC4=N5)cc3)C=C2)C=C1. The zero-order chi connectivity index (χ0) is 49.9. The number of nitrogens with zero attached hydrogens (tertiary/aromatic N) is 6. The smallest absolute Gasteiger partial charge is 0.119 e. The van der Waals surface area contributed by atoms with Gasteiger partial charge in [-0.05, 0) is 138 Å². The molecule has 366 valence electrons. The molecule has 4 aromatic carbocycles. The van der Waals surface area contributed by atoms with Crippen molar-refractivity contribution in [3.05, 3.63) is 269 Å². The van der Waals surface area contributed by atoms with Crippen LogP contribution in [-0.2, 0) is 0 Å². The highest BCUT2D eigenvalue weighted by molar-refractivity contribution is 6.39. The summed E-state index contributed by atoms with van der Waals surface area (Å²) in [7, 11) is 0. The molecule has 74 heavy (non-hydrogen) atoms. The Hall–Kier alpha value is -8.42. The fraction of sp³-hybridized carbons (Fsp3) is 0.194. The van der Waals surface area contributed by atoms with Crippen molar-refractivity contribution in [2.45, 2.75) is 64.7 Å². The summed E-state index contributed by atoms with van der Waals surface area (Å²) in [6.45, 7) is 5.04. The van der Waals surface area contributed by atoms with Crippen LogP contribution in [0.25, 0.3) is 22.3 Å². The van der Waals surface area contributed by atoms with Crippen LogP contribution in [-0.4, -0.2) is 52.3 Å². The van der Waals surface area contributed by atoms with Gasteiger partial charge in [-0.3, -0.25) is 0 Å². The summed E-state index contributed by atoms with van der Waals surface area (Å²) >= 11 is 0. The van der Waals surface area contributed by atoms with Gasteiger partial charge in [0.15, 0.2) is 0 Å². The summed E-state index contributed by atoms with van der Waals surface area (Å²) in [6.07, 6.45) is 45.6. The lowest BCUT2D eigenvalue weighted by Crippen LogP contribution is -2.14. The van der Waals surface area contributed by atoms with E-state index in [9.17, 15) is 0 Å². The molecule has 7 aliphatic heterocycles. The Balaban J connectivity index is 0.767. The van der Waals surface area contributed by atoms with Crippen LogP contribution in [0.15, 0.2) is 267 Å². The standard InChI is InChI=1S/C67H62N6O/c1-2-42-72-44-38-49(39-45-72)50-40-46-73(47-41-50)43-18-7-5-3-4-6-8-19-48-74-55-28-26-54(27-29-55)67-62-36-34-60(70-62)65(52-22-14-10-15-23-52)58-32-30-56(68-58)64(51-20-12-9-13-21-51)57-31-33-59(69-57)66(53-24-16-11-17-25-53)61-35-37-63(67)71-61/h9-17,20-41,44-47H,2-8,18-19,42-43,48H2,1H3. The minimum absolute atomic E-state index is 0.701. The Morgan fingerprint density at radius 3 is 1.05 bits per heavy atom. The van der Waals surface area contributed by atoms with Crippen molar-refractivity contribution in [1.29, 1.82) is 0 Å². The molecule has 0 fully saturated rings. The van der Waals surface area contributed by atoms with Crippen LogP contribution in [0.3, 0.4) is 0 Å². The summed E-state index contributed by atoms with van der Waals surface area (Å²) in [5.74, 6) is 0.866. The average molecular weight is 967 g/mol. The monoisotopic (exact) mass is 966 g/mol. The van der Waals surface area contributed by atoms with E-state index in [-0.39, 0.29) is 0 Å². The average Bonchev–Trinajstić information content (AvgIpc) is 4.31. The van der Waals surface area contributed by atoms with Crippen LogP contribution in [0.5, 0.6) is 5.75 Å². The maximum Gasteiger partial charge on any atom is 0.119 e. The lowest BCUT2D eigenvalue weighted by Gasteiger charge is -2.21. The van der Waals surface area contributed by atoms with Crippen LogP contribution in [0.2, 0.25) is 0 Å². The lowest BCUT2D eigenvalue weighted by molar-refractivity contribution is 0.304. The van der Waals surface area contributed by atoms with Crippen molar-refractivity contribution in [2.24, 2.45) is 20.0 Å². The van der Waals surface area contributed by atoms with Crippen molar-refractivity contribution < 1.29 is 4.74 Å². The van der Waals surface area contributed by atoms with Crippen molar-refractivity contribution in [3.63, 3.8) is 0 Å². The molecule has 7 aliphatic rings. The molecule has 0 saturated carbocycles. The van der Waals surface area contributed by atoms with Gasteiger partial charge >= 0.3 is 0 Å². The normalized spacial score (nSPS) is 17.5. The van der Waals surface area contributed by atoms with Crippen molar-refractivity contribution >= 4 is 45.1 Å². The van der Waals surface area contributed by atoms with Crippen LogP contribution in [0.4, 0.5) is 0 Å². The van der Waals surface area contributed by atoms with E-state index >= 15 is 0 Å². The third-order valence-electron chi connectivity index (χ3n) is 14.1. The number of ether oxygens (including phenoxy) is 1. The Morgan fingerprint density at radius 1 is 0.338 bits per heavy atom. The molecule has 0 amide bonds. The molecule has 7 heterocycles. The minimum atomic E-state index is 0.701. The first-order valence-corrected chi connectivity index (χ1v) is 26.6. The topological polar surface area (TPSA) is 65.2 Å². The number of hydrogen-bond acceptors (Lipinski definition) is 7. The van der Waals surface area contributed by atoms with Gasteiger partial charge in [-0.25, -0.2) is 20.0 Å². The Bertz CT molecular complexity index is 3250. The fourth-order valence-electron chi connectivity index (χ4n) is 10.3. The zero-order valence-corrected chi connectivity index (χ0v) is 42.3. The molecule has 7 nitrogen and oxygen atoms in total. The number of hydrogen-bond donors (Lipinski definition) is 0. The van der Waals surface area contributed by atoms with Crippen molar-refractivity contribution in [1.82, 2.24) is 9.80 Å². The minimum Gasteiger partial charge on any atom is -0.494 e. The predicted molar refractivity (Wildman–Crippen MR) is 309 cm³/mol. The number of aliphatic imine (C=N–C) groups is 4.